The Morgan fingerprint density at radius 3 is 3.00 bits per heavy atom. The smallest absolute Gasteiger partial charge is 0.128 e. The van der Waals surface area contributed by atoms with Crippen molar-refractivity contribution in [3.8, 4) is 0 Å². The van der Waals surface area contributed by atoms with Crippen molar-refractivity contribution < 1.29 is 9.47 Å². The van der Waals surface area contributed by atoms with E-state index in [4.69, 9.17) is 15.2 Å². The Balaban J connectivity index is 1.73. The molecular formula is C12H18N2O2. The van der Waals surface area contributed by atoms with Gasteiger partial charge in [-0.25, -0.2) is 4.98 Å². The first-order valence-corrected chi connectivity index (χ1v) is 5.71. The van der Waals surface area contributed by atoms with Crippen molar-refractivity contribution in [3.05, 3.63) is 23.9 Å². The van der Waals surface area contributed by atoms with Crippen LogP contribution in [0.15, 0.2) is 18.3 Å². The summed E-state index contributed by atoms with van der Waals surface area (Å²) in [5.74, 6) is 1.20. The van der Waals surface area contributed by atoms with Gasteiger partial charge in [-0.1, -0.05) is 6.07 Å². The van der Waals surface area contributed by atoms with Crippen LogP contribution in [0.1, 0.15) is 18.4 Å². The quantitative estimate of drug-likeness (QED) is 0.840. The highest BCUT2D eigenvalue weighted by Gasteiger charge is 2.13. The van der Waals surface area contributed by atoms with Crippen molar-refractivity contribution in [2.45, 2.75) is 19.4 Å². The van der Waals surface area contributed by atoms with Crippen molar-refractivity contribution in [2.24, 2.45) is 5.92 Å². The van der Waals surface area contributed by atoms with Crippen molar-refractivity contribution in [1.29, 1.82) is 0 Å². The molecule has 0 unspecified atom stereocenters. The van der Waals surface area contributed by atoms with E-state index in [1.807, 2.05) is 12.1 Å². The molecule has 2 heterocycles. The van der Waals surface area contributed by atoms with Crippen LogP contribution in [0.3, 0.4) is 0 Å². The maximum Gasteiger partial charge on any atom is 0.128 e. The minimum Gasteiger partial charge on any atom is -0.383 e. The van der Waals surface area contributed by atoms with Crippen LogP contribution in [-0.2, 0) is 16.1 Å². The van der Waals surface area contributed by atoms with Gasteiger partial charge in [0, 0.05) is 25.0 Å². The molecule has 2 N–H and O–H groups in total. The summed E-state index contributed by atoms with van der Waals surface area (Å²) in [6.07, 6.45) is 3.89. The third-order valence-electron chi connectivity index (χ3n) is 2.88. The van der Waals surface area contributed by atoms with Crippen LogP contribution in [0.25, 0.3) is 0 Å². The van der Waals surface area contributed by atoms with Gasteiger partial charge in [0.25, 0.3) is 0 Å². The molecule has 1 aromatic heterocycles. The van der Waals surface area contributed by atoms with E-state index < -0.39 is 0 Å². The Morgan fingerprint density at radius 2 is 2.25 bits per heavy atom. The lowest BCUT2D eigenvalue weighted by Gasteiger charge is -2.21. The van der Waals surface area contributed by atoms with Crippen LogP contribution < -0.4 is 5.73 Å². The predicted octanol–water partition coefficient (Wildman–Crippen LogP) is 1.61. The van der Waals surface area contributed by atoms with E-state index in [-0.39, 0.29) is 0 Å². The van der Waals surface area contributed by atoms with Gasteiger partial charge >= 0.3 is 0 Å². The maximum absolute atomic E-state index is 5.73. The van der Waals surface area contributed by atoms with E-state index in [1.54, 1.807) is 6.20 Å². The Labute approximate surface area is 95.8 Å². The average Bonchev–Trinajstić information content (AvgIpc) is 2.33. The largest absolute Gasteiger partial charge is 0.383 e. The molecule has 0 amide bonds. The number of nitrogen functional groups attached to an aromatic ring is 1. The molecule has 1 fully saturated rings. The summed E-state index contributed by atoms with van der Waals surface area (Å²) in [5.41, 5.74) is 6.70. The molecule has 2 rings (SSSR count). The van der Waals surface area contributed by atoms with Gasteiger partial charge < -0.3 is 15.2 Å². The Hall–Kier alpha value is -1.13. The molecule has 0 atom stereocenters. The van der Waals surface area contributed by atoms with Gasteiger partial charge in [-0.15, -0.1) is 0 Å². The highest BCUT2D eigenvalue weighted by molar-refractivity contribution is 5.37. The van der Waals surface area contributed by atoms with Crippen molar-refractivity contribution in [3.63, 3.8) is 0 Å². The fourth-order valence-electron chi connectivity index (χ4n) is 1.82. The lowest BCUT2D eigenvalue weighted by Crippen LogP contribution is -2.20. The van der Waals surface area contributed by atoms with Crippen molar-refractivity contribution >= 4 is 5.82 Å². The minimum atomic E-state index is 0.553. The highest BCUT2D eigenvalue weighted by atomic mass is 16.5. The number of ether oxygens (including phenoxy) is 2. The van der Waals surface area contributed by atoms with Crippen LogP contribution in [0.2, 0.25) is 0 Å². The number of hydrogen-bond donors (Lipinski definition) is 1. The molecular weight excluding hydrogens is 204 g/mol. The summed E-state index contributed by atoms with van der Waals surface area (Å²) in [4.78, 5) is 4.02. The predicted molar refractivity (Wildman–Crippen MR) is 61.8 cm³/mol. The first-order chi connectivity index (χ1) is 7.86. The molecule has 16 heavy (non-hydrogen) atoms. The van der Waals surface area contributed by atoms with Crippen molar-refractivity contribution in [1.82, 2.24) is 4.98 Å². The second-order valence-corrected chi connectivity index (χ2v) is 4.12. The van der Waals surface area contributed by atoms with E-state index in [9.17, 15) is 0 Å². The van der Waals surface area contributed by atoms with Gasteiger partial charge in [-0.2, -0.15) is 0 Å². The van der Waals surface area contributed by atoms with Gasteiger partial charge in [-0.3, -0.25) is 0 Å². The number of nitrogens with two attached hydrogens (primary N) is 1. The summed E-state index contributed by atoms with van der Waals surface area (Å²) in [5, 5.41) is 0. The van der Waals surface area contributed by atoms with Gasteiger partial charge in [-0.05, 0) is 24.8 Å². The summed E-state index contributed by atoms with van der Waals surface area (Å²) in [6.45, 7) is 3.07. The zero-order valence-electron chi connectivity index (χ0n) is 9.39. The fraction of sp³-hybridized carbons (Fsp3) is 0.583. The molecule has 0 spiro atoms. The molecule has 0 saturated carbocycles. The number of nitrogens with zero attached hydrogens (tertiary/aromatic N) is 1. The van der Waals surface area contributed by atoms with E-state index in [0.29, 0.717) is 18.3 Å². The van der Waals surface area contributed by atoms with E-state index >= 15 is 0 Å². The number of rotatable bonds is 4. The second kappa shape index (κ2) is 5.82. The third-order valence-corrected chi connectivity index (χ3v) is 2.88. The molecule has 0 aromatic carbocycles. The average molecular weight is 222 g/mol. The summed E-state index contributed by atoms with van der Waals surface area (Å²) in [7, 11) is 0. The molecule has 1 saturated heterocycles. The molecule has 1 aliphatic heterocycles. The van der Waals surface area contributed by atoms with Gasteiger partial charge in [0.1, 0.15) is 5.82 Å². The molecule has 1 aliphatic rings. The number of pyridine rings is 1. The van der Waals surface area contributed by atoms with Crippen molar-refractivity contribution in [2.75, 3.05) is 25.6 Å². The van der Waals surface area contributed by atoms with Crippen LogP contribution in [0.5, 0.6) is 0 Å². The normalized spacial score (nSPS) is 17.5. The topological polar surface area (TPSA) is 57.4 Å². The zero-order valence-corrected chi connectivity index (χ0v) is 9.39. The summed E-state index contributed by atoms with van der Waals surface area (Å²) < 4.78 is 11.0. The first-order valence-electron chi connectivity index (χ1n) is 5.71. The Bertz CT molecular complexity index is 325. The molecule has 0 aliphatic carbocycles. The number of aromatic nitrogens is 1. The third kappa shape index (κ3) is 3.18. The van der Waals surface area contributed by atoms with Gasteiger partial charge in [0.2, 0.25) is 0 Å². The molecule has 1 aromatic rings. The molecule has 0 radical (unpaired) electrons. The Morgan fingerprint density at radius 1 is 1.44 bits per heavy atom. The zero-order chi connectivity index (χ0) is 11.2. The summed E-state index contributed by atoms with van der Waals surface area (Å²) >= 11 is 0. The van der Waals surface area contributed by atoms with E-state index in [2.05, 4.69) is 4.98 Å². The van der Waals surface area contributed by atoms with E-state index in [0.717, 1.165) is 38.2 Å². The van der Waals surface area contributed by atoms with Gasteiger partial charge in [0.15, 0.2) is 0 Å². The van der Waals surface area contributed by atoms with Crippen LogP contribution in [-0.4, -0.2) is 24.8 Å². The van der Waals surface area contributed by atoms with E-state index in [1.165, 1.54) is 0 Å². The second-order valence-electron chi connectivity index (χ2n) is 4.12. The van der Waals surface area contributed by atoms with Crippen LogP contribution in [0.4, 0.5) is 5.82 Å². The SMILES string of the molecule is Nc1ncccc1COCC1CCOCC1. The molecule has 4 heteroatoms. The lowest BCUT2D eigenvalue weighted by atomic mass is 10.0. The standard InChI is InChI=1S/C12H18N2O2/c13-12-11(2-1-5-14-12)9-16-8-10-3-6-15-7-4-10/h1-2,5,10H,3-4,6-9H2,(H2,13,14). The lowest BCUT2D eigenvalue weighted by molar-refractivity contribution is 0.0158. The maximum atomic E-state index is 5.73. The van der Waals surface area contributed by atoms with Crippen LogP contribution in [0, 0.1) is 5.92 Å². The highest BCUT2D eigenvalue weighted by Crippen LogP contribution is 2.16. The monoisotopic (exact) mass is 222 g/mol. The first kappa shape index (κ1) is 11.4. The number of anilines is 1. The summed E-state index contributed by atoms with van der Waals surface area (Å²) in [6, 6.07) is 3.83. The molecule has 88 valence electrons. The molecule has 4 nitrogen and oxygen atoms in total. The fourth-order valence-corrected chi connectivity index (χ4v) is 1.82. The minimum absolute atomic E-state index is 0.553. The van der Waals surface area contributed by atoms with Gasteiger partial charge in [0.05, 0.1) is 13.2 Å². The van der Waals surface area contributed by atoms with Crippen LogP contribution >= 0.6 is 0 Å². The molecule has 0 bridgehead atoms. The number of hydrogen-bond acceptors (Lipinski definition) is 4. The Kier molecular flexibility index (Phi) is 4.13.